The van der Waals surface area contributed by atoms with Gasteiger partial charge in [0.1, 0.15) is 34.4 Å². The van der Waals surface area contributed by atoms with E-state index in [1.54, 1.807) is 12.9 Å². The van der Waals surface area contributed by atoms with Crippen molar-refractivity contribution in [2.45, 2.75) is 75.2 Å². The summed E-state index contributed by atoms with van der Waals surface area (Å²) in [5, 5.41) is 9.33. The van der Waals surface area contributed by atoms with Gasteiger partial charge in [0.2, 0.25) is 0 Å². The Balaban J connectivity index is 0.000000347. The van der Waals surface area contributed by atoms with Crippen LogP contribution in [0, 0.1) is 34.6 Å². The van der Waals surface area contributed by atoms with Crippen molar-refractivity contribution in [3.63, 3.8) is 0 Å². The van der Waals surface area contributed by atoms with E-state index in [1.165, 1.54) is 19.9 Å². The number of aromatic hydroxyl groups is 1. The van der Waals surface area contributed by atoms with Crippen LogP contribution in [0.15, 0.2) is 39.5 Å². The van der Waals surface area contributed by atoms with Crippen LogP contribution in [0.5, 0.6) is 5.75 Å². The highest BCUT2D eigenvalue weighted by atomic mass is 35.5. The molecule has 1 heterocycles. The molecule has 0 unspecified atom stereocenters. The summed E-state index contributed by atoms with van der Waals surface area (Å²) in [4.78, 5) is 43.4. The topological polar surface area (TPSA) is 102 Å². The fourth-order valence-corrected chi connectivity index (χ4v) is 4.53. The van der Waals surface area contributed by atoms with Crippen molar-refractivity contribution in [1.29, 1.82) is 0 Å². The van der Waals surface area contributed by atoms with Gasteiger partial charge in [0.05, 0.1) is 0 Å². The molecule has 1 aromatic heterocycles. The maximum Gasteiger partial charge on any atom is 0.347 e. The van der Waals surface area contributed by atoms with Gasteiger partial charge in [0, 0.05) is 11.6 Å². The molecule has 39 heavy (non-hydrogen) atoms. The van der Waals surface area contributed by atoms with Gasteiger partial charge < -0.3 is 14.3 Å². The third-order valence-electron chi connectivity index (χ3n) is 5.74. The fraction of sp³-hybridized carbons (Fsp3) is 0.344. The van der Waals surface area contributed by atoms with Crippen molar-refractivity contribution in [2.24, 2.45) is 0 Å². The molecule has 6 nitrogen and oxygen atoms in total. The van der Waals surface area contributed by atoms with Crippen LogP contribution >= 0.6 is 11.6 Å². The van der Waals surface area contributed by atoms with E-state index in [1.807, 2.05) is 65.8 Å². The SMILES string of the molecule is CC(C)=O.CCc1cc(C)cc(C)c1-c1c(O)cc(C)oc1=O.CCc1cc(C)cc(C)c1C(=C=O)C(=O)Cl. The van der Waals surface area contributed by atoms with Gasteiger partial charge in [-0.2, -0.15) is 0 Å². The molecule has 0 bridgehead atoms. The lowest BCUT2D eigenvalue weighted by Crippen LogP contribution is -2.07. The summed E-state index contributed by atoms with van der Waals surface area (Å²) in [6.45, 7) is 16.5. The number of ketones is 1. The van der Waals surface area contributed by atoms with Crippen LogP contribution in [-0.2, 0) is 27.2 Å². The van der Waals surface area contributed by atoms with Gasteiger partial charge in [-0.1, -0.05) is 49.2 Å². The minimum Gasteiger partial charge on any atom is -0.507 e. The normalized spacial score (nSPS) is 9.90. The number of hydrogen-bond acceptors (Lipinski definition) is 6. The first-order valence-electron chi connectivity index (χ1n) is 12.6. The number of allylic oxidation sites excluding steroid dienone is 1. The van der Waals surface area contributed by atoms with Gasteiger partial charge in [-0.25, -0.2) is 9.59 Å². The maximum absolute atomic E-state index is 12.0. The molecule has 0 aliphatic rings. The molecule has 0 spiro atoms. The molecule has 0 saturated carbocycles. The third-order valence-corrected chi connectivity index (χ3v) is 5.93. The predicted molar refractivity (Wildman–Crippen MR) is 157 cm³/mol. The molecule has 0 atom stereocenters. The standard InChI is InChI=1S/C16H18O3.C13H13ClO2.C3H6O/c1-5-12-7-9(2)6-10(3)14(12)15-13(17)8-11(4)19-16(15)18;1-4-10-6-8(2)5-9(3)12(10)11(7-15)13(14)16;1-3(2)4/h6-8,17H,5H2,1-4H3;5-6H,4H2,1-3H3;1-2H3. The van der Waals surface area contributed by atoms with E-state index in [2.05, 4.69) is 0 Å². The van der Waals surface area contributed by atoms with Crippen molar-refractivity contribution in [3.05, 3.63) is 85.5 Å². The molecular formula is C32H37ClO6. The van der Waals surface area contributed by atoms with Crippen LogP contribution in [0.3, 0.4) is 0 Å². The molecule has 0 fully saturated rings. The fourth-order valence-electron chi connectivity index (χ4n) is 4.40. The second-order valence-electron chi connectivity index (χ2n) is 9.50. The zero-order valence-corrected chi connectivity index (χ0v) is 24.9. The number of Topliss-reactive ketones (excluding diaryl/α,β-unsaturated/α-hetero) is 1. The van der Waals surface area contributed by atoms with Gasteiger partial charge in [-0.15, -0.1) is 0 Å². The Kier molecular flexibility index (Phi) is 12.8. The summed E-state index contributed by atoms with van der Waals surface area (Å²) < 4.78 is 5.11. The highest BCUT2D eigenvalue weighted by Crippen LogP contribution is 2.33. The van der Waals surface area contributed by atoms with Crippen LogP contribution in [0.2, 0.25) is 0 Å². The van der Waals surface area contributed by atoms with E-state index in [9.17, 15) is 24.3 Å². The molecular weight excluding hydrogens is 516 g/mol. The van der Waals surface area contributed by atoms with E-state index < -0.39 is 10.9 Å². The smallest absolute Gasteiger partial charge is 0.347 e. The van der Waals surface area contributed by atoms with Crippen LogP contribution < -0.4 is 5.63 Å². The first kappa shape index (κ1) is 33.3. The second kappa shape index (κ2) is 15.0. The van der Waals surface area contributed by atoms with E-state index in [0.717, 1.165) is 51.8 Å². The number of rotatable bonds is 5. The highest BCUT2D eigenvalue weighted by Gasteiger charge is 2.18. The predicted octanol–water partition coefficient (Wildman–Crippen LogP) is 6.94. The van der Waals surface area contributed by atoms with Crippen molar-refractivity contribution < 1.29 is 23.9 Å². The molecule has 0 aliphatic heterocycles. The molecule has 3 rings (SSSR count). The number of halogens is 1. The van der Waals surface area contributed by atoms with E-state index in [4.69, 9.17) is 16.0 Å². The summed E-state index contributed by atoms with van der Waals surface area (Å²) >= 11 is 5.38. The van der Waals surface area contributed by atoms with E-state index >= 15 is 0 Å². The second-order valence-corrected chi connectivity index (χ2v) is 9.85. The Bertz CT molecular complexity index is 1470. The van der Waals surface area contributed by atoms with Crippen LogP contribution in [0.1, 0.15) is 72.4 Å². The Morgan fingerprint density at radius 2 is 1.33 bits per heavy atom. The average molecular weight is 553 g/mol. The summed E-state index contributed by atoms with van der Waals surface area (Å²) in [5.41, 5.74) is 7.22. The van der Waals surface area contributed by atoms with E-state index in [0.29, 0.717) is 11.3 Å². The lowest BCUT2D eigenvalue weighted by molar-refractivity contribution is -0.115. The van der Waals surface area contributed by atoms with Gasteiger partial charge in [0.15, 0.2) is 0 Å². The number of aryl methyl sites for hydroxylation is 7. The quantitative estimate of drug-likeness (QED) is 0.209. The molecule has 0 aliphatic carbocycles. The van der Waals surface area contributed by atoms with Gasteiger partial charge in [0.25, 0.3) is 5.24 Å². The zero-order valence-electron chi connectivity index (χ0n) is 24.2. The molecule has 3 aromatic rings. The summed E-state index contributed by atoms with van der Waals surface area (Å²) in [7, 11) is 0. The summed E-state index contributed by atoms with van der Waals surface area (Å²) in [5.74, 6) is 2.20. The molecule has 7 heteroatoms. The Morgan fingerprint density at radius 3 is 1.77 bits per heavy atom. The largest absolute Gasteiger partial charge is 0.507 e. The van der Waals surface area contributed by atoms with Gasteiger partial charge in [-0.3, -0.25) is 4.79 Å². The Hall–Kier alpha value is -3.73. The van der Waals surface area contributed by atoms with Crippen LogP contribution in [0.4, 0.5) is 0 Å². The Morgan fingerprint density at radius 1 is 0.846 bits per heavy atom. The van der Waals surface area contributed by atoms with Crippen molar-refractivity contribution in [1.82, 2.24) is 0 Å². The van der Waals surface area contributed by atoms with Crippen molar-refractivity contribution in [2.75, 3.05) is 0 Å². The minimum atomic E-state index is -0.753. The first-order valence-corrected chi connectivity index (χ1v) is 13.0. The van der Waals surface area contributed by atoms with E-state index in [-0.39, 0.29) is 22.7 Å². The first-order chi connectivity index (χ1) is 18.2. The molecule has 0 radical (unpaired) electrons. The maximum atomic E-state index is 12.0. The highest BCUT2D eigenvalue weighted by molar-refractivity contribution is 6.75. The third kappa shape index (κ3) is 9.20. The lowest BCUT2D eigenvalue weighted by atomic mass is 9.92. The van der Waals surface area contributed by atoms with Crippen molar-refractivity contribution >= 4 is 34.1 Å². The number of benzene rings is 2. The van der Waals surface area contributed by atoms with Gasteiger partial charge in [-0.05, 0) is 101 Å². The number of carbonyl (C=O) groups excluding carboxylic acids is 3. The lowest BCUT2D eigenvalue weighted by Gasteiger charge is -2.13. The molecule has 1 N–H and O–H groups in total. The molecule has 208 valence electrons. The Labute approximate surface area is 235 Å². The van der Waals surface area contributed by atoms with Crippen molar-refractivity contribution in [3.8, 4) is 16.9 Å². The van der Waals surface area contributed by atoms with Crippen LogP contribution in [-0.4, -0.2) is 22.1 Å². The monoisotopic (exact) mass is 552 g/mol. The summed E-state index contributed by atoms with van der Waals surface area (Å²) in [6, 6.07) is 9.41. The van der Waals surface area contributed by atoms with Gasteiger partial charge >= 0.3 is 5.63 Å². The minimum absolute atomic E-state index is 0.0181. The molecule has 0 saturated heterocycles. The summed E-state index contributed by atoms with van der Waals surface area (Å²) in [6.07, 6.45) is 1.54. The van der Waals surface area contributed by atoms with Crippen LogP contribution in [0.25, 0.3) is 16.7 Å². The average Bonchev–Trinajstić information content (AvgIpc) is 2.80. The number of hydrogen-bond donors (Lipinski definition) is 1. The molecule has 0 amide bonds. The molecule has 2 aromatic carbocycles. The number of carbonyl (C=O) groups is 2. The zero-order chi connectivity index (χ0) is 30.0.